The van der Waals surface area contributed by atoms with Crippen LogP contribution >= 0.6 is 11.3 Å². The highest BCUT2D eigenvalue weighted by atomic mass is 32.1. The van der Waals surface area contributed by atoms with Crippen LogP contribution < -0.4 is 10.9 Å². The van der Waals surface area contributed by atoms with Gasteiger partial charge < -0.3 is 5.32 Å². The molecule has 1 aliphatic heterocycles. The van der Waals surface area contributed by atoms with E-state index in [1.165, 1.54) is 21.8 Å². The molecule has 1 aromatic carbocycles. The minimum absolute atomic E-state index is 0.156. The van der Waals surface area contributed by atoms with Gasteiger partial charge in [-0.1, -0.05) is 12.1 Å². The number of rotatable bonds is 5. The monoisotopic (exact) mass is 396 g/mol. The lowest BCUT2D eigenvalue weighted by atomic mass is 10.1. The number of nitrogens with one attached hydrogen (secondary N) is 1. The van der Waals surface area contributed by atoms with Gasteiger partial charge in [-0.3, -0.25) is 28.5 Å². The van der Waals surface area contributed by atoms with Crippen molar-refractivity contribution in [2.75, 3.05) is 13.1 Å². The molecule has 0 bridgehead atoms. The Labute approximate surface area is 163 Å². The fourth-order valence-corrected chi connectivity index (χ4v) is 4.14. The predicted octanol–water partition coefficient (Wildman–Crippen LogP) is 1.02. The van der Waals surface area contributed by atoms with E-state index in [1.807, 2.05) is 5.38 Å². The second-order valence-corrected chi connectivity index (χ2v) is 7.26. The summed E-state index contributed by atoms with van der Waals surface area (Å²) < 4.78 is 1.52. The Morgan fingerprint density at radius 1 is 1.14 bits per heavy atom. The fraction of sp³-hybridized carbons (Fsp3) is 0.211. The van der Waals surface area contributed by atoms with Crippen LogP contribution in [0, 0.1) is 6.92 Å². The fourth-order valence-electron chi connectivity index (χ4n) is 3.17. The van der Waals surface area contributed by atoms with Gasteiger partial charge in [0.15, 0.2) is 4.96 Å². The Balaban J connectivity index is 1.38. The molecule has 0 spiro atoms. The van der Waals surface area contributed by atoms with Crippen molar-refractivity contribution in [1.29, 1.82) is 0 Å². The number of fused-ring (bicyclic) bond motifs is 2. The van der Waals surface area contributed by atoms with Gasteiger partial charge in [0.2, 0.25) is 5.91 Å². The van der Waals surface area contributed by atoms with Crippen molar-refractivity contribution in [2.24, 2.45) is 0 Å². The zero-order valence-corrected chi connectivity index (χ0v) is 15.8. The Morgan fingerprint density at radius 3 is 2.50 bits per heavy atom. The van der Waals surface area contributed by atoms with Gasteiger partial charge in [-0.25, -0.2) is 4.98 Å². The van der Waals surface area contributed by atoms with Crippen molar-refractivity contribution in [2.45, 2.75) is 13.3 Å². The average molecular weight is 396 g/mol. The van der Waals surface area contributed by atoms with Gasteiger partial charge in [-0.15, -0.1) is 11.3 Å². The quantitative estimate of drug-likeness (QED) is 0.649. The van der Waals surface area contributed by atoms with Gasteiger partial charge in [0.1, 0.15) is 6.54 Å². The van der Waals surface area contributed by atoms with Gasteiger partial charge >= 0.3 is 0 Å². The Morgan fingerprint density at radius 2 is 1.82 bits per heavy atom. The molecular formula is C19H16N4O4S. The second kappa shape index (κ2) is 7.01. The third kappa shape index (κ3) is 3.09. The van der Waals surface area contributed by atoms with Crippen LogP contribution in [-0.2, 0) is 11.2 Å². The number of benzene rings is 1. The van der Waals surface area contributed by atoms with Crippen LogP contribution in [0.1, 0.15) is 32.1 Å². The largest absolute Gasteiger partial charge is 0.354 e. The van der Waals surface area contributed by atoms with Gasteiger partial charge in [0, 0.05) is 35.8 Å². The predicted molar refractivity (Wildman–Crippen MR) is 103 cm³/mol. The van der Waals surface area contributed by atoms with Gasteiger partial charge in [0.25, 0.3) is 17.4 Å². The summed E-state index contributed by atoms with van der Waals surface area (Å²) in [4.78, 5) is 54.8. The molecule has 0 aliphatic carbocycles. The highest BCUT2D eigenvalue weighted by molar-refractivity contribution is 7.15. The van der Waals surface area contributed by atoms with Crippen molar-refractivity contribution in [3.05, 3.63) is 68.6 Å². The van der Waals surface area contributed by atoms with E-state index in [4.69, 9.17) is 0 Å². The summed E-state index contributed by atoms with van der Waals surface area (Å²) in [6.45, 7) is 1.70. The standard InChI is InChI=1S/C19H16N4O4S/c1-11-8-16(25)23-12(10-28-19(23)21-11)6-7-20-15(24)9-22-17(26)13-4-2-3-5-14(13)18(22)27/h2-5,8,10H,6-7,9H2,1H3,(H,20,24). The highest BCUT2D eigenvalue weighted by Gasteiger charge is 2.36. The molecule has 0 atom stereocenters. The van der Waals surface area contributed by atoms with E-state index >= 15 is 0 Å². The van der Waals surface area contributed by atoms with E-state index in [0.29, 0.717) is 28.2 Å². The van der Waals surface area contributed by atoms with Gasteiger partial charge in [-0.2, -0.15) is 0 Å². The number of carbonyl (C=O) groups is 3. The zero-order chi connectivity index (χ0) is 19.8. The summed E-state index contributed by atoms with van der Waals surface area (Å²) in [5, 5.41) is 4.53. The van der Waals surface area contributed by atoms with Gasteiger partial charge in [0.05, 0.1) is 11.1 Å². The number of imide groups is 1. The number of hydrogen-bond acceptors (Lipinski definition) is 6. The van der Waals surface area contributed by atoms with Crippen LogP contribution in [0.4, 0.5) is 0 Å². The summed E-state index contributed by atoms with van der Waals surface area (Å²) >= 11 is 1.36. The van der Waals surface area contributed by atoms with Crippen molar-refractivity contribution < 1.29 is 14.4 Å². The number of nitrogens with zero attached hydrogens (tertiary/aromatic N) is 3. The normalized spacial score (nSPS) is 13.2. The van der Waals surface area contributed by atoms with E-state index < -0.39 is 17.7 Å². The van der Waals surface area contributed by atoms with E-state index in [1.54, 1.807) is 31.2 Å². The molecule has 3 amide bonds. The molecule has 0 saturated heterocycles. The van der Waals surface area contributed by atoms with Crippen LogP contribution in [0.15, 0.2) is 40.5 Å². The molecule has 1 aliphatic rings. The smallest absolute Gasteiger partial charge is 0.262 e. The average Bonchev–Trinajstić information content (AvgIpc) is 3.17. The molecule has 1 N–H and O–H groups in total. The maximum absolute atomic E-state index is 12.3. The first-order chi connectivity index (χ1) is 13.5. The van der Waals surface area contributed by atoms with E-state index in [9.17, 15) is 19.2 Å². The molecule has 9 heteroatoms. The summed E-state index contributed by atoms with van der Waals surface area (Å²) in [7, 11) is 0. The third-order valence-electron chi connectivity index (χ3n) is 4.49. The summed E-state index contributed by atoms with van der Waals surface area (Å²) in [6, 6.07) is 7.96. The molecule has 28 heavy (non-hydrogen) atoms. The summed E-state index contributed by atoms with van der Waals surface area (Å²) in [6.07, 6.45) is 0.429. The number of hydrogen-bond donors (Lipinski definition) is 1. The lowest BCUT2D eigenvalue weighted by molar-refractivity contribution is -0.121. The first-order valence-corrected chi connectivity index (χ1v) is 9.52. The van der Waals surface area contributed by atoms with Crippen LogP contribution in [0.2, 0.25) is 0 Å². The van der Waals surface area contributed by atoms with Crippen LogP contribution in [0.5, 0.6) is 0 Å². The molecule has 8 nitrogen and oxygen atoms in total. The number of carbonyl (C=O) groups excluding carboxylic acids is 3. The molecule has 3 heterocycles. The number of thiazole rings is 1. The van der Waals surface area contributed by atoms with Crippen LogP contribution in [0.25, 0.3) is 4.96 Å². The topological polar surface area (TPSA) is 101 Å². The van der Waals surface area contributed by atoms with Crippen LogP contribution in [0.3, 0.4) is 0 Å². The van der Waals surface area contributed by atoms with Crippen molar-refractivity contribution in [3.63, 3.8) is 0 Å². The van der Waals surface area contributed by atoms with E-state index in [-0.39, 0.29) is 18.6 Å². The van der Waals surface area contributed by atoms with E-state index in [0.717, 1.165) is 10.6 Å². The first kappa shape index (κ1) is 18.1. The summed E-state index contributed by atoms with van der Waals surface area (Å²) in [5.41, 5.74) is 1.88. The minimum Gasteiger partial charge on any atom is -0.354 e. The SMILES string of the molecule is Cc1cc(=O)n2c(CCNC(=O)CN3C(=O)c4ccccc4C3=O)csc2n1. The van der Waals surface area contributed by atoms with Crippen molar-refractivity contribution in [3.8, 4) is 0 Å². The second-order valence-electron chi connectivity index (χ2n) is 6.42. The molecule has 0 radical (unpaired) electrons. The molecule has 0 unspecified atom stereocenters. The lowest BCUT2D eigenvalue weighted by Gasteiger charge is -2.13. The Bertz CT molecular complexity index is 1150. The van der Waals surface area contributed by atoms with Gasteiger partial charge in [-0.05, 0) is 19.1 Å². The molecule has 0 saturated carbocycles. The minimum atomic E-state index is -0.465. The lowest BCUT2D eigenvalue weighted by Crippen LogP contribution is -2.41. The first-order valence-electron chi connectivity index (χ1n) is 8.64. The third-order valence-corrected chi connectivity index (χ3v) is 5.36. The van der Waals surface area contributed by atoms with Crippen molar-refractivity contribution in [1.82, 2.24) is 19.6 Å². The maximum atomic E-state index is 12.3. The Kier molecular flexibility index (Phi) is 4.52. The highest BCUT2D eigenvalue weighted by Crippen LogP contribution is 2.21. The van der Waals surface area contributed by atoms with E-state index in [2.05, 4.69) is 10.3 Å². The number of amides is 3. The zero-order valence-electron chi connectivity index (χ0n) is 15.0. The molecule has 142 valence electrons. The van der Waals surface area contributed by atoms with Crippen LogP contribution in [-0.4, -0.2) is 45.1 Å². The molecular weight excluding hydrogens is 380 g/mol. The molecule has 2 aromatic heterocycles. The van der Waals surface area contributed by atoms with Crippen molar-refractivity contribution >= 4 is 34.0 Å². The maximum Gasteiger partial charge on any atom is 0.262 e. The molecule has 4 rings (SSSR count). The summed E-state index contributed by atoms with van der Waals surface area (Å²) in [5.74, 6) is -1.37. The number of aromatic nitrogens is 2. The molecule has 0 fully saturated rings. The molecule has 3 aromatic rings. The number of aryl methyl sites for hydroxylation is 1. The Hall–Kier alpha value is -3.33.